The maximum Gasteiger partial charge on any atom is 0.339 e. The number of nitrogens with two attached hydrogens (primary N) is 1. The van der Waals surface area contributed by atoms with Gasteiger partial charge >= 0.3 is 5.97 Å². The zero-order valence-corrected chi connectivity index (χ0v) is 15.5. The molecule has 23 heavy (non-hydrogen) atoms. The second-order valence-electron chi connectivity index (χ2n) is 5.96. The molecule has 1 rings (SSSR count). The average molecular weight is 365 g/mol. The Balaban J connectivity index is 0.00000484. The van der Waals surface area contributed by atoms with Gasteiger partial charge < -0.3 is 10.5 Å². The van der Waals surface area contributed by atoms with E-state index in [0.29, 0.717) is 6.42 Å². The van der Waals surface area contributed by atoms with Crippen molar-refractivity contribution in [1.29, 1.82) is 0 Å². The number of hydrogen-bond donors (Lipinski definition) is 2. The summed E-state index contributed by atoms with van der Waals surface area (Å²) in [5.74, 6) is -0.425. The van der Waals surface area contributed by atoms with E-state index in [4.69, 9.17) is 5.73 Å². The van der Waals surface area contributed by atoms with Gasteiger partial charge in [0.15, 0.2) is 0 Å². The number of sulfonamides is 1. The molecule has 0 aliphatic rings. The highest BCUT2D eigenvalue weighted by Crippen LogP contribution is 2.22. The Bertz CT molecular complexity index is 634. The standard InChI is InChI=1S/C15H24N2O4S.ClH/c1-11(2)9-15(3,10-16)17-22(19,20)13-8-6-5-7-12(13)14(18)21-4;/h5-8,11,17H,9-10,16H2,1-4H3;1H. The molecule has 0 amide bonds. The normalized spacial score (nSPS) is 14.0. The van der Waals surface area contributed by atoms with Gasteiger partial charge in [-0.25, -0.2) is 17.9 Å². The number of carbonyl (C=O) groups is 1. The fraction of sp³-hybridized carbons (Fsp3) is 0.533. The van der Waals surface area contributed by atoms with E-state index in [1.54, 1.807) is 19.1 Å². The Morgan fingerprint density at radius 3 is 2.39 bits per heavy atom. The predicted octanol–water partition coefficient (Wildman–Crippen LogP) is 1.94. The molecule has 1 unspecified atom stereocenters. The smallest absolute Gasteiger partial charge is 0.339 e. The second-order valence-corrected chi connectivity index (χ2v) is 7.61. The number of hydrogen-bond acceptors (Lipinski definition) is 5. The molecule has 0 bridgehead atoms. The van der Waals surface area contributed by atoms with Gasteiger partial charge in [0.2, 0.25) is 10.0 Å². The molecular formula is C15H25ClN2O4S. The van der Waals surface area contributed by atoms with E-state index >= 15 is 0 Å². The van der Waals surface area contributed by atoms with Crippen LogP contribution in [-0.2, 0) is 14.8 Å². The van der Waals surface area contributed by atoms with Gasteiger partial charge in [-0.3, -0.25) is 0 Å². The minimum Gasteiger partial charge on any atom is -0.465 e. The van der Waals surface area contributed by atoms with E-state index in [1.807, 2.05) is 13.8 Å². The summed E-state index contributed by atoms with van der Waals surface area (Å²) in [6.07, 6.45) is 0.586. The van der Waals surface area contributed by atoms with Crippen molar-refractivity contribution in [2.45, 2.75) is 37.6 Å². The molecule has 0 fully saturated rings. The third kappa shape index (κ3) is 5.76. The number of rotatable bonds is 7. The summed E-state index contributed by atoms with van der Waals surface area (Å²) in [5, 5.41) is 0. The number of esters is 1. The Morgan fingerprint density at radius 1 is 1.35 bits per heavy atom. The fourth-order valence-corrected chi connectivity index (χ4v) is 4.05. The summed E-state index contributed by atoms with van der Waals surface area (Å²) < 4.78 is 32.6. The zero-order chi connectivity index (χ0) is 17.0. The molecule has 0 aliphatic heterocycles. The molecule has 6 nitrogen and oxygen atoms in total. The first kappa shape index (κ1) is 21.9. The van der Waals surface area contributed by atoms with E-state index in [2.05, 4.69) is 9.46 Å². The van der Waals surface area contributed by atoms with E-state index in [1.165, 1.54) is 19.2 Å². The SMILES string of the molecule is COC(=O)c1ccccc1S(=O)(=O)NC(C)(CN)CC(C)C.Cl. The molecule has 0 heterocycles. The summed E-state index contributed by atoms with van der Waals surface area (Å²) in [4.78, 5) is 11.6. The molecule has 0 saturated carbocycles. The number of carbonyl (C=O) groups excluding carboxylic acids is 1. The van der Waals surface area contributed by atoms with Crippen LogP contribution in [0, 0.1) is 5.92 Å². The van der Waals surface area contributed by atoms with Crippen LogP contribution in [0.2, 0.25) is 0 Å². The monoisotopic (exact) mass is 364 g/mol. The van der Waals surface area contributed by atoms with Crippen molar-refractivity contribution in [1.82, 2.24) is 4.72 Å². The zero-order valence-electron chi connectivity index (χ0n) is 13.8. The summed E-state index contributed by atoms with van der Waals surface area (Å²) in [5.41, 5.74) is 4.97. The molecular weight excluding hydrogens is 340 g/mol. The molecule has 3 N–H and O–H groups in total. The Hall–Kier alpha value is -1.15. The third-order valence-corrected chi connectivity index (χ3v) is 4.97. The maximum absolute atomic E-state index is 12.7. The van der Waals surface area contributed by atoms with Crippen molar-refractivity contribution in [3.63, 3.8) is 0 Å². The number of methoxy groups -OCH3 is 1. The molecule has 0 aliphatic carbocycles. The lowest BCUT2D eigenvalue weighted by Gasteiger charge is -2.31. The largest absolute Gasteiger partial charge is 0.465 e. The molecule has 1 atom stereocenters. The molecule has 132 valence electrons. The quantitative estimate of drug-likeness (QED) is 0.720. The minimum absolute atomic E-state index is 0. The molecule has 0 aromatic heterocycles. The second kappa shape index (κ2) is 8.63. The summed E-state index contributed by atoms with van der Waals surface area (Å²) >= 11 is 0. The first-order valence-electron chi connectivity index (χ1n) is 7.06. The van der Waals surface area contributed by atoms with Crippen LogP contribution in [0.1, 0.15) is 37.6 Å². The van der Waals surface area contributed by atoms with Crippen molar-refractivity contribution in [2.75, 3.05) is 13.7 Å². The minimum atomic E-state index is -3.89. The van der Waals surface area contributed by atoms with Crippen molar-refractivity contribution < 1.29 is 17.9 Å². The van der Waals surface area contributed by atoms with Crippen LogP contribution >= 0.6 is 12.4 Å². The van der Waals surface area contributed by atoms with Crippen molar-refractivity contribution in [3.8, 4) is 0 Å². The number of benzene rings is 1. The summed E-state index contributed by atoms with van der Waals surface area (Å²) in [6.45, 7) is 5.89. The van der Waals surface area contributed by atoms with Gasteiger partial charge in [-0.05, 0) is 31.4 Å². The van der Waals surface area contributed by atoms with Crippen molar-refractivity contribution in [2.24, 2.45) is 11.7 Å². The van der Waals surface area contributed by atoms with Crippen LogP contribution in [0.15, 0.2) is 29.2 Å². The first-order valence-corrected chi connectivity index (χ1v) is 8.55. The highest BCUT2D eigenvalue weighted by atomic mass is 35.5. The Morgan fingerprint density at radius 2 is 1.91 bits per heavy atom. The van der Waals surface area contributed by atoms with Gasteiger partial charge in [-0.2, -0.15) is 0 Å². The average Bonchev–Trinajstić information content (AvgIpc) is 2.45. The summed E-state index contributed by atoms with van der Waals surface area (Å²) in [6, 6.07) is 5.94. The van der Waals surface area contributed by atoms with Crippen LogP contribution < -0.4 is 10.5 Å². The lowest BCUT2D eigenvalue weighted by Crippen LogP contribution is -2.52. The molecule has 8 heteroatoms. The van der Waals surface area contributed by atoms with Gasteiger partial charge in [0.05, 0.1) is 17.6 Å². The van der Waals surface area contributed by atoms with E-state index in [-0.39, 0.29) is 35.3 Å². The van der Waals surface area contributed by atoms with E-state index in [0.717, 1.165) is 0 Å². The van der Waals surface area contributed by atoms with Crippen molar-refractivity contribution in [3.05, 3.63) is 29.8 Å². The summed E-state index contributed by atoms with van der Waals surface area (Å²) in [7, 11) is -2.68. The van der Waals surface area contributed by atoms with Crippen molar-refractivity contribution >= 4 is 28.4 Å². The Labute approximate surface area is 144 Å². The number of nitrogens with one attached hydrogen (secondary N) is 1. The van der Waals surface area contributed by atoms with Crippen LogP contribution in [0.4, 0.5) is 0 Å². The van der Waals surface area contributed by atoms with Crippen LogP contribution in [0.25, 0.3) is 0 Å². The molecule has 1 aromatic carbocycles. The van der Waals surface area contributed by atoms with E-state index < -0.39 is 21.5 Å². The molecule has 1 aromatic rings. The van der Waals surface area contributed by atoms with Gasteiger partial charge in [-0.1, -0.05) is 26.0 Å². The molecule has 0 saturated heterocycles. The van der Waals surface area contributed by atoms with Crippen LogP contribution in [-0.4, -0.2) is 33.6 Å². The fourth-order valence-electron chi connectivity index (χ4n) is 2.43. The van der Waals surface area contributed by atoms with Crippen LogP contribution in [0.5, 0.6) is 0 Å². The van der Waals surface area contributed by atoms with Gasteiger partial charge in [0.25, 0.3) is 0 Å². The van der Waals surface area contributed by atoms with Crippen LogP contribution in [0.3, 0.4) is 0 Å². The highest BCUT2D eigenvalue weighted by Gasteiger charge is 2.32. The topological polar surface area (TPSA) is 98.5 Å². The lowest BCUT2D eigenvalue weighted by molar-refractivity contribution is 0.0596. The van der Waals surface area contributed by atoms with E-state index in [9.17, 15) is 13.2 Å². The first-order chi connectivity index (χ1) is 10.1. The Kier molecular flexibility index (Phi) is 8.20. The highest BCUT2D eigenvalue weighted by molar-refractivity contribution is 7.89. The molecule has 0 spiro atoms. The predicted molar refractivity (Wildman–Crippen MR) is 92.3 cm³/mol. The third-order valence-electron chi connectivity index (χ3n) is 3.27. The van der Waals surface area contributed by atoms with Gasteiger partial charge in [-0.15, -0.1) is 12.4 Å². The number of ether oxygens (including phenoxy) is 1. The van der Waals surface area contributed by atoms with Gasteiger partial charge in [0.1, 0.15) is 0 Å². The van der Waals surface area contributed by atoms with Gasteiger partial charge in [0, 0.05) is 12.1 Å². The lowest BCUT2D eigenvalue weighted by atomic mass is 9.92. The number of halogens is 1. The molecule has 0 radical (unpaired) electrons. The maximum atomic E-state index is 12.7.